The summed E-state index contributed by atoms with van der Waals surface area (Å²) in [5.41, 5.74) is 2.09. The molecule has 3 aliphatic heterocycles. The normalized spacial score (nSPS) is 31.5. The zero-order valence-corrected chi connectivity index (χ0v) is 12.1. The highest BCUT2D eigenvalue weighted by molar-refractivity contribution is 5.97. The molecule has 110 valence electrons. The van der Waals surface area contributed by atoms with Gasteiger partial charge < -0.3 is 9.73 Å². The zero-order chi connectivity index (χ0) is 14.4. The average Bonchev–Trinajstić information content (AvgIpc) is 2.98. The van der Waals surface area contributed by atoms with Crippen molar-refractivity contribution in [3.8, 4) is 0 Å². The zero-order valence-electron chi connectivity index (χ0n) is 12.1. The minimum absolute atomic E-state index is 0.00880. The van der Waals surface area contributed by atoms with Crippen molar-refractivity contribution < 1.29 is 9.21 Å². The third-order valence-corrected chi connectivity index (χ3v) is 5.07. The number of fused-ring (bicyclic) bond motifs is 4. The molecule has 0 aliphatic carbocycles. The highest BCUT2D eigenvalue weighted by Crippen LogP contribution is 2.32. The van der Waals surface area contributed by atoms with Crippen LogP contribution in [-0.4, -0.2) is 41.0 Å². The van der Waals surface area contributed by atoms with Gasteiger partial charge >= 0.3 is 0 Å². The second-order valence-electron chi connectivity index (χ2n) is 6.15. The summed E-state index contributed by atoms with van der Waals surface area (Å²) in [5, 5.41) is 3.23. The van der Waals surface area contributed by atoms with Crippen LogP contribution >= 0.6 is 0 Å². The van der Waals surface area contributed by atoms with Crippen LogP contribution in [0.4, 0.5) is 0 Å². The Morgan fingerprint density at radius 3 is 2.95 bits per heavy atom. The van der Waals surface area contributed by atoms with Gasteiger partial charge in [-0.3, -0.25) is 9.69 Å². The Labute approximate surface area is 123 Å². The number of benzene rings is 1. The molecule has 1 amide bonds. The predicted octanol–water partition coefficient (Wildman–Crippen LogP) is 2.04. The lowest BCUT2D eigenvalue weighted by Crippen LogP contribution is -2.62. The quantitative estimate of drug-likeness (QED) is 0.917. The van der Waals surface area contributed by atoms with E-state index < -0.39 is 0 Å². The number of oxazole rings is 1. The van der Waals surface area contributed by atoms with Gasteiger partial charge in [0.05, 0.1) is 0 Å². The summed E-state index contributed by atoms with van der Waals surface area (Å²) in [6.45, 7) is 4.56. The molecule has 3 aliphatic rings. The van der Waals surface area contributed by atoms with Gasteiger partial charge in [0.15, 0.2) is 12.0 Å². The van der Waals surface area contributed by atoms with E-state index in [1.165, 1.54) is 32.3 Å². The molecule has 3 fully saturated rings. The fraction of sp³-hybridized carbons (Fsp3) is 0.500. The molecule has 2 bridgehead atoms. The molecule has 2 aromatic rings. The predicted molar refractivity (Wildman–Crippen MR) is 79.0 cm³/mol. The first-order valence-electron chi connectivity index (χ1n) is 7.60. The highest BCUT2D eigenvalue weighted by Gasteiger charge is 2.40. The number of hydrogen-bond donors (Lipinski definition) is 1. The number of rotatable bonds is 2. The van der Waals surface area contributed by atoms with Crippen molar-refractivity contribution >= 4 is 17.0 Å². The average molecular weight is 285 g/mol. The lowest BCUT2D eigenvalue weighted by Gasteiger charge is -2.49. The molecule has 5 rings (SSSR count). The lowest BCUT2D eigenvalue weighted by molar-refractivity contribution is 0.0217. The number of hydrogen-bond acceptors (Lipinski definition) is 4. The molecule has 2 atom stereocenters. The van der Waals surface area contributed by atoms with Crippen molar-refractivity contribution in [1.82, 2.24) is 15.2 Å². The summed E-state index contributed by atoms with van der Waals surface area (Å²) in [5.74, 6) is 0.607. The summed E-state index contributed by atoms with van der Waals surface area (Å²) in [6.07, 6.45) is 3.79. The Balaban J connectivity index is 1.54. The maximum Gasteiger partial charge on any atom is 0.251 e. The summed E-state index contributed by atoms with van der Waals surface area (Å²) < 4.78 is 5.21. The SMILES string of the molecule is C[C@H]1[C@H](NC(=O)c2ccc3ocnc3c2)C2CCN1CC2. The van der Waals surface area contributed by atoms with Crippen LogP contribution in [0.2, 0.25) is 0 Å². The molecule has 1 N–H and O–H groups in total. The molecule has 1 aromatic carbocycles. The molecule has 0 radical (unpaired) electrons. The van der Waals surface area contributed by atoms with Crippen molar-refractivity contribution in [1.29, 1.82) is 0 Å². The highest BCUT2D eigenvalue weighted by atomic mass is 16.3. The molecule has 5 nitrogen and oxygen atoms in total. The van der Waals surface area contributed by atoms with E-state index in [9.17, 15) is 4.79 Å². The Bertz CT molecular complexity index is 671. The summed E-state index contributed by atoms with van der Waals surface area (Å²) >= 11 is 0. The van der Waals surface area contributed by atoms with Crippen LogP contribution in [0.3, 0.4) is 0 Å². The molecule has 0 spiro atoms. The first-order valence-corrected chi connectivity index (χ1v) is 7.60. The van der Waals surface area contributed by atoms with Crippen molar-refractivity contribution in [2.45, 2.75) is 31.8 Å². The molecule has 4 heterocycles. The van der Waals surface area contributed by atoms with Crippen LogP contribution in [0.1, 0.15) is 30.1 Å². The Kier molecular flexibility index (Phi) is 2.96. The van der Waals surface area contributed by atoms with E-state index in [-0.39, 0.29) is 11.9 Å². The number of carbonyl (C=O) groups excluding carboxylic acids is 1. The second kappa shape index (κ2) is 4.84. The van der Waals surface area contributed by atoms with Crippen LogP contribution in [-0.2, 0) is 0 Å². The van der Waals surface area contributed by atoms with E-state index >= 15 is 0 Å². The maximum atomic E-state index is 12.5. The topological polar surface area (TPSA) is 58.4 Å². The van der Waals surface area contributed by atoms with E-state index in [0.29, 0.717) is 23.1 Å². The largest absolute Gasteiger partial charge is 0.443 e. The molecule has 1 aromatic heterocycles. The van der Waals surface area contributed by atoms with Gasteiger partial charge in [-0.25, -0.2) is 4.98 Å². The molecular weight excluding hydrogens is 266 g/mol. The van der Waals surface area contributed by atoms with E-state index in [0.717, 1.165) is 5.52 Å². The van der Waals surface area contributed by atoms with Crippen molar-refractivity contribution in [3.63, 3.8) is 0 Å². The van der Waals surface area contributed by atoms with Gasteiger partial charge in [0.2, 0.25) is 0 Å². The molecule has 5 heteroatoms. The number of nitrogens with zero attached hydrogens (tertiary/aromatic N) is 2. The Morgan fingerprint density at radius 1 is 1.38 bits per heavy atom. The lowest BCUT2D eigenvalue weighted by atomic mass is 9.79. The van der Waals surface area contributed by atoms with Gasteiger partial charge in [-0.2, -0.15) is 0 Å². The van der Waals surface area contributed by atoms with E-state index in [4.69, 9.17) is 4.42 Å². The van der Waals surface area contributed by atoms with E-state index in [1.54, 1.807) is 18.2 Å². The van der Waals surface area contributed by atoms with Gasteiger partial charge in [-0.15, -0.1) is 0 Å². The molecule has 21 heavy (non-hydrogen) atoms. The minimum Gasteiger partial charge on any atom is -0.443 e. The third kappa shape index (κ3) is 2.12. The first-order chi connectivity index (χ1) is 10.2. The van der Waals surface area contributed by atoms with E-state index in [1.807, 2.05) is 0 Å². The summed E-state index contributed by atoms with van der Waals surface area (Å²) in [4.78, 5) is 19.1. The maximum absolute atomic E-state index is 12.5. The first kappa shape index (κ1) is 12.8. The summed E-state index contributed by atoms with van der Waals surface area (Å²) in [7, 11) is 0. The third-order valence-electron chi connectivity index (χ3n) is 5.07. The number of carbonyl (C=O) groups is 1. The molecular formula is C16H19N3O2. The summed E-state index contributed by atoms with van der Waals surface area (Å²) in [6, 6.07) is 6.08. The van der Waals surface area contributed by atoms with Gasteiger partial charge in [-0.05, 0) is 57.0 Å². The Hall–Kier alpha value is -1.88. The van der Waals surface area contributed by atoms with Gasteiger partial charge in [-0.1, -0.05) is 0 Å². The fourth-order valence-corrected chi connectivity index (χ4v) is 3.78. The van der Waals surface area contributed by atoms with Gasteiger partial charge in [0.25, 0.3) is 5.91 Å². The van der Waals surface area contributed by atoms with Gasteiger partial charge in [0.1, 0.15) is 5.52 Å². The number of nitrogens with one attached hydrogen (secondary N) is 1. The van der Waals surface area contributed by atoms with Crippen molar-refractivity contribution in [3.05, 3.63) is 30.2 Å². The van der Waals surface area contributed by atoms with Crippen LogP contribution in [0.5, 0.6) is 0 Å². The minimum atomic E-state index is -0.00880. The Morgan fingerprint density at radius 2 is 2.19 bits per heavy atom. The van der Waals surface area contributed by atoms with Crippen molar-refractivity contribution in [2.24, 2.45) is 5.92 Å². The molecule has 0 saturated carbocycles. The molecule has 0 unspecified atom stereocenters. The van der Waals surface area contributed by atoms with Crippen LogP contribution < -0.4 is 5.32 Å². The second-order valence-corrected chi connectivity index (χ2v) is 6.15. The monoisotopic (exact) mass is 285 g/mol. The van der Waals surface area contributed by atoms with E-state index in [2.05, 4.69) is 22.1 Å². The smallest absolute Gasteiger partial charge is 0.251 e. The van der Waals surface area contributed by atoms with Crippen LogP contribution in [0.25, 0.3) is 11.1 Å². The number of amides is 1. The van der Waals surface area contributed by atoms with Gasteiger partial charge in [0, 0.05) is 17.6 Å². The molecule has 3 saturated heterocycles. The number of aromatic nitrogens is 1. The van der Waals surface area contributed by atoms with Crippen LogP contribution in [0.15, 0.2) is 29.0 Å². The van der Waals surface area contributed by atoms with Crippen molar-refractivity contribution in [2.75, 3.05) is 13.1 Å². The van der Waals surface area contributed by atoms with Crippen LogP contribution in [0, 0.1) is 5.92 Å². The standard InChI is InChI=1S/C16H19N3O2/c1-10-15(11-4-6-19(10)7-5-11)18-16(20)12-2-3-14-13(8-12)17-9-21-14/h2-3,8-11,15H,4-7H2,1H3,(H,18,20)/t10-,15-/m0/s1. The fourth-order valence-electron chi connectivity index (χ4n) is 3.78. The number of piperidine rings is 3.